The van der Waals surface area contributed by atoms with Crippen molar-refractivity contribution in [2.45, 2.75) is 30.7 Å². The molecule has 0 amide bonds. The molecule has 1 unspecified atom stereocenters. The molecule has 5 nitrogen and oxygen atoms in total. The lowest BCUT2D eigenvalue weighted by Crippen LogP contribution is -2.23. The Morgan fingerprint density at radius 1 is 1.26 bits per heavy atom. The van der Waals surface area contributed by atoms with Crippen LogP contribution in [0.15, 0.2) is 29.2 Å². The third kappa shape index (κ3) is 4.19. The van der Waals surface area contributed by atoms with Crippen molar-refractivity contribution < 1.29 is 8.42 Å². The van der Waals surface area contributed by atoms with Gasteiger partial charge in [0.1, 0.15) is 0 Å². The summed E-state index contributed by atoms with van der Waals surface area (Å²) in [4.78, 5) is 0.301. The van der Waals surface area contributed by atoms with E-state index in [1.807, 2.05) is 0 Å². The highest BCUT2D eigenvalue weighted by atomic mass is 32.2. The minimum Gasteiger partial charge on any atom is -0.382 e. The molecule has 1 atom stereocenters. The Morgan fingerprint density at radius 2 is 1.84 bits per heavy atom. The van der Waals surface area contributed by atoms with Crippen LogP contribution < -0.4 is 11.1 Å². The van der Waals surface area contributed by atoms with Gasteiger partial charge in [0.15, 0.2) is 0 Å². The van der Waals surface area contributed by atoms with Gasteiger partial charge in [-0.15, -0.1) is 0 Å². The number of benzene rings is 1. The molecule has 0 aliphatic heterocycles. The maximum absolute atomic E-state index is 11.9. The van der Waals surface area contributed by atoms with E-state index in [4.69, 9.17) is 5.73 Å². The summed E-state index contributed by atoms with van der Waals surface area (Å²) in [7, 11) is -0.305. The zero-order valence-electron chi connectivity index (χ0n) is 11.8. The molecule has 0 aliphatic rings. The molecule has 0 aliphatic carbocycles. The Hall–Kier alpha value is -1.11. The van der Waals surface area contributed by atoms with Crippen LogP contribution in [0, 0.1) is 0 Å². The van der Waals surface area contributed by atoms with Crippen molar-refractivity contribution in [3.63, 3.8) is 0 Å². The van der Waals surface area contributed by atoms with Crippen molar-refractivity contribution in [1.82, 2.24) is 4.31 Å². The molecular formula is C13H23N3O2S. The third-order valence-electron chi connectivity index (χ3n) is 3.01. The van der Waals surface area contributed by atoms with E-state index in [0.29, 0.717) is 17.5 Å². The minimum atomic E-state index is -3.35. The molecule has 0 spiro atoms. The molecule has 1 rings (SSSR count). The molecule has 0 aromatic heterocycles. The highest BCUT2D eigenvalue weighted by Gasteiger charge is 2.16. The molecule has 0 heterocycles. The summed E-state index contributed by atoms with van der Waals surface area (Å²) in [6, 6.07) is 7.13. The van der Waals surface area contributed by atoms with Crippen LogP contribution in [0.4, 0.5) is 5.69 Å². The lowest BCUT2D eigenvalue weighted by Gasteiger charge is -2.18. The number of sulfonamides is 1. The van der Waals surface area contributed by atoms with Gasteiger partial charge in [-0.05, 0) is 43.7 Å². The Morgan fingerprint density at radius 3 is 2.26 bits per heavy atom. The first-order valence-corrected chi connectivity index (χ1v) is 7.85. The van der Waals surface area contributed by atoms with E-state index >= 15 is 0 Å². The Kier molecular flexibility index (Phi) is 5.78. The van der Waals surface area contributed by atoms with Gasteiger partial charge < -0.3 is 11.1 Å². The van der Waals surface area contributed by atoms with Gasteiger partial charge in [-0.25, -0.2) is 12.7 Å². The van der Waals surface area contributed by atoms with Gasteiger partial charge in [-0.1, -0.05) is 6.92 Å². The van der Waals surface area contributed by atoms with Crippen LogP contribution in [-0.2, 0) is 10.0 Å². The molecule has 0 fully saturated rings. The molecule has 6 heteroatoms. The smallest absolute Gasteiger partial charge is 0.242 e. The number of nitrogens with two attached hydrogens (primary N) is 1. The molecule has 0 radical (unpaired) electrons. The monoisotopic (exact) mass is 285 g/mol. The van der Waals surface area contributed by atoms with Crippen molar-refractivity contribution in [2.75, 3.05) is 26.0 Å². The number of anilines is 1. The Balaban J connectivity index is 2.82. The fourth-order valence-electron chi connectivity index (χ4n) is 1.75. The molecule has 1 aromatic carbocycles. The Labute approximate surface area is 115 Å². The zero-order valence-corrected chi connectivity index (χ0v) is 12.6. The van der Waals surface area contributed by atoms with Crippen LogP contribution in [0.25, 0.3) is 0 Å². The lowest BCUT2D eigenvalue weighted by atomic mass is 10.1. The van der Waals surface area contributed by atoms with Crippen molar-refractivity contribution in [3.8, 4) is 0 Å². The van der Waals surface area contributed by atoms with E-state index in [2.05, 4.69) is 12.2 Å². The van der Waals surface area contributed by atoms with E-state index < -0.39 is 10.0 Å². The Bertz CT molecular complexity index is 483. The van der Waals surface area contributed by atoms with E-state index in [1.165, 1.54) is 18.4 Å². The topological polar surface area (TPSA) is 75.4 Å². The van der Waals surface area contributed by atoms with Crippen LogP contribution in [0.5, 0.6) is 0 Å². The van der Waals surface area contributed by atoms with Crippen LogP contribution in [0.3, 0.4) is 0 Å². The molecule has 0 saturated carbocycles. The zero-order chi connectivity index (χ0) is 14.5. The summed E-state index contributed by atoms with van der Waals surface area (Å²) >= 11 is 0. The van der Waals surface area contributed by atoms with Crippen molar-refractivity contribution in [3.05, 3.63) is 24.3 Å². The van der Waals surface area contributed by atoms with Gasteiger partial charge in [0.05, 0.1) is 4.90 Å². The predicted octanol–water partition coefficient (Wildman–Crippen LogP) is 1.48. The van der Waals surface area contributed by atoms with E-state index in [0.717, 1.165) is 18.5 Å². The summed E-state index contributed by atoms with van der Waals surface area (Å²) in [5, 5.41) is 3.35. The largest absolute Gasteiger partial charge is 0.382 e. The van der Waals surface area contributed by atoms with Crippen LogP contribution in [0.1, 0.15) is 19.8 Å². The number of hydrogen-bond acceptors (Lipinski definition) is 4. The lowest BCUT2D eigenvalue weighted by molar-refractivity contribution is 0.521. The number of nitrogens with one attached hydrogen (secondary N) is 1. The highest BCUT2D eigenvalue weighted by molar-refractivity contribution is 7.89. The second-order valence-corrected chi connectivity index (χ2v) is 6.79. The molecule has 0 saturated heterocycles. The normalized spacial score (nSPS) is 13.5. The molecule has 3 N–H and O–H groups in total. The molecule has 1 aromatic rings. The first-order valence-electron chi connectivity index (χ1n) is 6.41. The average Bonchev–Trinajstić information content (AvgIpc) is 2.38. The van der Waals surface area contributed by atoms with Crippen LogP contribution >= 0.6 is 0 Å². The average molecular weight is 285 g/mol. The summed E-state index contributed by atoms with van der Waals surface area (Å²) in [5.41, 5.74) is 6.46. The number of rotatable bonds is 7. The molecule has 108 valence electrons. The molecule has 19 heavy (non-hydrogen) atoms. The molecular weight excluding hydrogens is 262 g/mol. The highest BCUT2D eigenvalue weighted by Crippen LogP contribution is 2.18. The summed E-state index contributed by atoms with van der Waals surface area (Å²) in [6.45, 7) is 2.73. The van der Waals surface area contributed by atoms with E-state index in [-0.39, 0.29) is 0 Å². The predicted molar refractivity (Wildman–Crippen MR) is 78.7 cm³/mol. The van der Waals surface area contributed by atoms with Gasteiger partial charge in [0, 0.05) is 25.8 Å². The second kappa shape index (κ2) is 6.88. The minimum absolute atomic E-state index is 0.301. The maximum atomic E-state index is 11.9. The summed E-state index contributed by atoms with van der Waals surface area (Å²) in [5.74, 6) is 0. The fraction of sp³-hybridized carbons (Fsp3) is 0.538. The third-order valence-corrected chi connectivity index (χ3v) is 4.84. The summed E-state index contributed by atoms with van der Waals surface area (Å²) < 4.78 is 25.0. The molecule has 0 bridgehead atoms. The fourth-order valence-corrected chi connectivity index (χ4v) is 2.65. The number of nitrogens with zero attached hydrogens (tertiary/aromatic N) is 1. The van der Waals surface area contributed by atoms with Gasteiger partial charge >= 0.3 is 0 Å². The summed E-state index contributed by atoms with van der Waals surface area (Å²) in [6.07, 6.45) is 1.88. The van der Waals surface area contributed by atoms with Crippen molar-refractivity contribution in [2.24, 2.45) is 5.73 Å². The SMILES string of the molecule is CCC(CCN)Nc1ccc(S(=O)(=O)N(C)C)cc1. The van der Waals surface area contributed by atoms with E-state index in [9.17, 15) is 8.42 Å². The second-order valence-electron chi connectivity index (χ2n) is 4.64. The van der Waals surface area contributed by atoms with E-state index in [1.54, 1.807) is 24.3 Å². The van der Waals surface area contributed by atoms with Crippen LogP contribution in [-0.4, -0.2) is 39.4 Å². The first-order chi connectivity index (χ1) is 8.91. The maximum Gasteiger partial charge on any atom is 0.242 e. The van der Waals surface area contributed by atoms with Crippen LogP contribution in [0.2, 0.25) is 0 Å². The van der Waals surface area contributed by atoms with Gasteiger partial charge in [0.25, 0.3) is 0 Å². The van der Waals surface area contributed by atoms with Gasteiger partial charge in [-0.2, -0.15) is 0 Å². The van der Waals surface area contributed by atoms with Crippen molar-refractivity contribution in [1.29, 1.82) is 0 Å². The standard InChI is InChI=1S/C13H23N3O2S/c1-4-11(9-10-14)15-12-5-7-13(8-6-12)19(17,18)16(2)3/h5-8,11,15H,4,9-10,14H2,1-3H3. The quantitative estimate of drug-likeness (QED) is 0.795. The number of hydrogen-bond donors (Lipinski definition) is 2. The first kappa shape index (κ1) is 15.9. The van der Waals surface area contributed by atoms with Gasteiger partial charge in [0.2, 0.25) is 10.0 Å². The van der Waals surface area contributed by atoms with Crippen molar-refractivity contribution >= 4 is 15.7 Å². The van der Waals surface area contributed by atoms with Gasteiger partial charge in [-0.3, -0.25) is 0 Å².